The maximum absolute atomic E-state index is 13.0. The van der Waals surface area contributed by atoms with E-state index in [-0.39, 0.29) is 11.8 Å². The number of aryl methyl sites for hydroxylation is 2. The smallest absolute Gasteiger partial charge is 0.275 e. The van der Waals surface area contributed by atoms with Gasteiger partial charge in [0.05, 0.1) is 0 Å². The monoisotopic (exact) mass is 362 g/mol. The number of amides is 2. The summed E-state index contributed by atoms with van der Waals surface area (Å²) in [4.78, 5) is 27.5. The zero-order valence-corrected chi connectivity index (χ0v) is 15.7. The van der Waals surface area contributed by atoms with Crippen LogP contribution >= 0.6 is 0 Å². The highest BCUT2D eigenvalue weighted by Gasteiger charge is 2.50. The summed E-state index contributed by atoms with van der Waals surface area (Å²) in [5, 5.41) is 9.32. The summed E-state index contributed by atoms with van der Waals surface area (Å²) < 4.78 is 1.67. The Morgan fingerprint density at radius 3 is 2.56 bits per heavy atom. The average molecular weight is 362 g/mol. The van der Waals surface area contributed by atoms with Crippen molar-refractivity contribution in [1.29, 1.82) is 0 Å². The van der Waals surface area contributed by atoms with Gasteiger partial charge in [-0.3, -0.25) is 14.3 Å². The molecular formula is C21H22N4O2. The minimum Gasteiger partial charge on any atom is -0.323 e. The van der Waals surface area contributed by atoms with Gasteiger partial charge in [-0.2, -0.15) is 5.10 Å². The lowest BCUT2D eigenvalue weighted by Crippen LogP contribution is -2.66. The first kappa shape index (κ1) is 17.3. The second-order valence-corrected chi connectivity index (χ2v) is 7.26. The molecule has 1 aliphatic rings. The number of fused-ring (bicyclic) bond motifs is 1. The number of carbonyl (C=O) groups excluding carboxylic acids is 2. The number of aromatic nitrogens is 2. The molecule has 1 fully saturated rings. The number of nitrogens with one attached hydrogen (secondary N) is 1. The minimum atomic E-state index is -0.876. The highest BCUT2D eigenvalue weighted by atomic mass is 16.2. The number of hydrogen-bond acceptors (Lipinski definition) is 3. The molecule has 2 heterocycles. The lowest BCUT2D eigenvalue weighted by atomic mass is 9.85. The number of rotatable bonds is 3. The van der Waals surface area contributed by atoms with Crippen molar-refractivity contribution in [3.8, 4) is 0 Å². The van der Waals surface area contributed by atoms with Gasteiger partial charge in [-0.15, -0.1) is 0 Å². The first-order valence-electron chi connectivity index (χ1n) is 9.02. The van der Waals surface area contributed by atoms with Gasteiger partial charge in [-0.1, -0.05) is 36.4 Å². The predicted octanol–water partition coefficient (Wildman–Crippen LogP) is 3.13. The molecule has 0 saturated carbocycles. The summed E-state index contributed by atoms with van der Waals surface area (Å²) in [6.45, 7) is 4.25. The molecule has 6 heteroatoms. The van der Waals surface area contributed by atoms with E-state index in [1.807, 2.05) is 56.3 Å². The molecule has 1 N–H and O–H groups in total. The number of likely N-dealkylation sites (tertiary alicyclic amines) is 1. The van der Waals surface area contributed by atoms with E-state index in [2.05, 4.69) is 10.4 Å². The van der Waals surface area contributed by atoms with Crippen LogP contribution in [0.15, 0.2) is 48.5 Å². The molecule has 0 bridgehead atoms. The van der Waals surface area contributed by atoms with E-state index in [0.717, 1.165) is 22.2 Å². The van der Waals surface area contributed by atoms with Crippen molar-refractivity contribution in [2.75, 3.05) is 11.9 Å². The molecule has 1 atom stereocenters. The van der Waals surface area contributed by atoms with Crippen molar-refractivity contribution < 1.29 is 9.59 Å². The fourth-order valence-corrected chi connectivity index (χ4v) is 3.52. The Morgan fingerprint density at radius 1 is 1.15 bits per heavy atom. The van der Waals surface area contributed by atoms with E-state index in [4.69, 9.17) is 0 Å². The summed E-state index contributed by atoms with van der Waals surface area (Å²) in [6, 6.07) is 15.5. The Labute approximate surface area is 157 Å². The van der Waals surface area contributed by atoms with E-state index in [9.17, 15) is 9.59 Å². The number of benzene rings is 2. The van der Waals surface area contributed by atoms with Crippen molar-refractivity contribution in [2.45, 2.75) is 25.8 Å². The average Bonchev–Trinajstić information content (AvgIpc) is 2.99. The van der Waals surface area contributed by atoms with Crippen molar-refractivity contribution in [3.63, 3.8) is 0 Å². The highest BCUT2D eigenvalue weighted by Crippen LogP contribution is 2.34. The van der Waals surface area contributed by atoms with Crippen LogP contribution in [0.4, 0.5) is 5.69 Å². The van der Waals surface area contributed by atoms with Gasteiger partial charge >= 0.3 is 0 Å². The fraction of sp³-hybridized carbons (Fsp3) is 0.286. The van der Waals surface area contributed by atoms with Crippen LogP contribution in [-0.4, -0.2) is 38.6 Å². The van der Waals surface area contributed by atoms with Crippen molar-refractivity contribution >= 4 is 28.3 Å². The molecule has 0 spiro atoms. The van der Waals surface area contributed by atoms with Crippen LogP contribution in [0.5, 0.6) is 0 Å². The van der Waals surface area contributed by atoms with Crippen LogP contribution in [0.1, 0.15) is 29.5 Å². The van der Waals surface area contributed by atoms with Gasteiger partial charge in [0.2, 0.25) is 5.91 Å². The second-order valence-electron chi connectivity index (χ2n) is 7.26. The lowest BCUT2D eigenvalue weighted by molar-refractivity contribution is -0.132. The van der Waals surface area contributed by atoms with Crippen molar-refractivity contribution in [2.24, 2.45) is 7.05 Å². The molecule has 2 amide bonds. The zero-order chi connectivity index (χ0) is 19.2. The molecule has 4 rings (SSSR count). The van der Waals surface area contributed by atoms with Crippen LogP contribution in [0.25, 0.3) is 10.8 Å². The Bertz CT molecular complexity index is 1030. The van der Waals surface area contributed by atoms with Gasteiger partial charge in [0.15, 0.2) is 5.69 Å². The van der Waals surface area contributed by atoms with Crippen LogP contribution in [0, 0.1) is 6.92 Å². The third-order valence-electron chi connectivity index (χ3n) is 5.52. The van der Waals surface area contributed by atoms with Crippen LogP contribution in [0.2, 0.25) is 0 Å². The van der Waals surface area contributed by atoms with Gasteiger partial charge in [0, 0.05) is 30.4 Å². The molecule has 6 nitrogen and oxygen atoms in total. The van der Waals surface area contributed by atoms with Gasteiger partial charge in [0.1, 0.15) is 5.54 Å². The Hall–Kier alpha value is -3.15. The summed E-state index contributed by atoms with van der Waals surface area (Å²) in [6.07, 6.45) is 0.626. The predicted molar refractivity (Wildman–Crippen MR) is 105 cm³/mol. The molecule has 1 aromatic heterocycles. The molecule has 1 aliphatic heterocycles. The summed E-state index contributed by atoms with van der Waals surface area (Å²) in [5.41, 5.74) is 1.16. The number of carbonyl (C=O) groups is 2. The van der Waals surface area contributed by atoms with Crippen LogP contribution < -0.4 is 5.32 Å². The standard InChI is InChI=1S/C21H22N4O2/c1-14-13-18(23-24(14)3)19(26)25-12-11-21(25,2)20(27)22-17-10-6-8-15-7-4-5-9-16(15)17/h4-10,13H,11-12H2,1-3H3,(H,22,27). The first-order chi connectivity index (χ1) is 12.9. The molecule has 0 aliphatic carbocycles. The largest absolute Gasteiger partial charge is 0.323 e. The fourth-order valence-electron chi connectivity index (χ4n) is 3.52. The number of hydrogen-bond donors (Lipinski definition) is 1. The van der Waals surface area contributed by atoms with Gasteiger partial charge in [-0.05, 0) is 37.8 Å². The van der Waals surface area contributed by atoms with E-state index in [1.165, 1.54) is 0 Å². The maximum atomic E-state index is 13.0. The third-order valence-corrected chi connectivity index (χ3v) is 5.52. The van der Waals surface area contributed by atoms with E-state index < -0.39 is 5.54 Å². The second kappa shape index (κ2) is 6.23. The summed E-state index contributed by atoms with van der Waals surface area (Å²) >= 11 is 0. The maximum Gasteiger partial charge on any atom is 0.275 e. The number of nitrogens with zero attached hydrogens (tertiary/aromatic N) is 3. The molecule has 1 unspecified atom stereocenters. The SMILES string of the molecule is Cc1cc(C(=O)N2CCC2(C)C(=O)Nc2cccc3ccccc23)nn1C. The Morgan fingerprint density at radius 2 is 1.89 bits per heavy atom. The topological polar surface area (TPSA) is 67.2 Å². The zero-order valence-electron chi connectivity index (χ0n) is 15.7. The Kier molecular flexibility index (Phi) is 3.98. The molecule has 138 valence electrons. The van der Waals surface area contributed by atoms with Crippen LogP contribution in [-0.2, 0) is 11.8 Å². The van der Waals surface area contributed by atoms with E-state index in [1.54, 1.807) is 22.7 Å². The quantitative estimate of drug-likeness (QED) is 0.778. The highest BCUT2D eigenvalue weighted by molar-refractivity contribution is 6.08. The van der Waals surface area contributed by atoms with Gasteiger partial charge in [0.25, 0.3) is 5.91 Å². The van der Waals surface area contributed by atoms with E-state index >= 15 is 0 Å². The van der Waals surface area contributed by atoms with E-state index in [0.29, 0.717) is 18.7 Å². The van der Waals surface area contributed by atoms with Gasteiger partial charge in [-0.25, -0.2) is 0 Å². The van der Waals surface area contributed by atoms with Crippen molar-refractivity contribution in [3.05, 3.63) is 59.9 Å². The molecule has 1 saturated heterocycles. The number of anilines is 1. The van der Waals surface area contributed by atoms with Crippen molar-refractivity contribution in [1.82, 2.24) is 14.7 Å². The van der Waals surface area contributed by atoms with Crippen LogP contribution in [0.3, 0.4) is 0 Å². The molecule has 0 radical (unpaired) electrons. The Balaban J connectivity index is 1.58. The third kappa shape index (κ3) is 2.77. The first-order valence-corrected chi connectivity index (χ1v) is 9.02. The lowest BCUT2D eigenvalue weighted by Gasteiger charge is -2.48. The minimum absolute atomic E-state index is 0.175. The summed E-state index contributed by atoms with van der Waals surface area (Å²) in [7, 11) is 1.80. The molecule has 2 aromatic carbocycles. The normalized spacial score (nSPS) is 19.0. The molecular weight excluding hydrogens is 340 g/mol. The molecule has 3 aromatic rings. The van der Waals surface area contributed by atoms with Gasteiger partial charge < -0.3 is 10.2 Å². The summed E-state index contributed by atoms with van der Waals surface area (Å²) in [5.74, 6) is -0.383. The molecule has 27 heavy (non-hydrogen) atoms.